The largest absolute Gasteiger partial charge is 0.346 e. The lowest BCUT2D eigenvalue weighted by molar-refractivity contribution is 0.628. The Balaban J connectivity index is 1.91. The molecule has 1 N–H and O–H groups in total. The predicted molar refractivity (Wildman–Crippen MR) is 98.2 cm³/mol. The van der Waals surface area contributed by atoms with Gasteiger partial charge in [-0.05, 0) is 55.0 Å². The van der Waals surface area contributed by atoms with E-state index in [4.69, 9.17) is 4.98 Å². The quantitative estimate of drug-likeness (QED) is 0.517. The van der Waals surface area contributed by atoms with E-state index in [1.165, 1.54) is 12.1 Å². The van der Waals surface area contributed by atoms with Crippen molar-refractivity contribution in [1.29, 1.82) is 0 Å². The molecule has 6 heteroatoms. The summed E-state index contributed by atoms with van der Waals surface area (Å²) in [7, 11) is 0. The van der Waals surface area contributed by atoms with Gasteiger partial charge >= 0.3 is 0 Å². The smallest absolute Gasteiger partial charge is 0.157 e. The number of hydrogen-bond acceptors (Lipinski definition) is 3. The average molecular weight is 343 g/mol. The highest BCUT2D eigenvalue weighted by Gasteiger charge is 2.20. The number of aryl methyl sites for hydroxylation is 1. The third kappa shape index (κ3) is 2.12. The number of H-pyrrole nitrogens is 1. The summed E-state index contributed by atoms with van der Waals surface area (Å²) in [6.45, 7) is 2.00. The van der Waals surface area contributed by atoms with Crippen molar-refractivity contribution in [3.05, 3.63) is 72.4 Å². The van der Waals surface area contributed by atoms with Crippen LogP contribution < -0.4 is 0 Å². The molecule has 4 heterocycles. The standard InChI is InChI=1S/C20H14FN5/c1-12-6-11-24-26-18(15-7-9-22-19-16(15)8-10-23-19)17(25-20(12)26)13-2-4-14(21)5-3-13/h2-11H,1H3,(H,22,23). The van der Waals surface area contributed by atoms with Gasteiger partial charge in [-0.3, -0.25) is 0 Å². The molecule has 5 rings (SSSR count). The van der Waals surface area contributed by atoms with Gasteiger partial charge in [0.2, 0.25) is 0 Å². The van der Waals surface area contributed by atoms with Gasteiger partial charge in [-0.1, -0.05) is 0 Å². The van der Waals surface area contributed by atoms with E-state index >= 15 is 0 Å². The van der Waals surface area contributed by atoms with Crippen molar-refractivity contribution in [3.8, 4) is 22.5 Å². The van der Waals surface area contributed by atoms with Crippen LogP contribution in [-0.2, 0) is 0 Å². The third-order valence-electron chi connectivity index (χ3n) is 4.55. The topological polar surface area (TPSA) is 58.9 Å². The van der Waals surface area contributed by atoms with E-state index < -0.39 is 0 Å². The fraction of sp³-hybridized carbons (Fsp3) is 0.0500. The van der Waals surface area contributed by atoms with Crippen molar-refractivity contribution in [2.24, 2.45) is 0 Å². The predicted octanol–water partition coefficient (Wildman–Crippen LogP) is 4.39. The highest BCUT2D eigenvalue weighted by atomic mass is 19.1. The van der Waals surface area contributed by atoms with Crippen LogP contribution in [0.2, 0.25) is 0 Å². The van der Waals surface area contributed by atoms with Crippen molar-refractivity contribution in [2.45, 2.75) is 6.92 Å². The molecule has 0 aliphatic carbocycles. The first kappa shape index (κ1) is 14.8. The molecule has 0 radical (unpaired) electrons. The number of benzene rings is 1. The van der Waals surface area contributed by atoms with Crippen LogP contribution in [0.5, 0.6) is 0 Å². The second kappa shape index (κ2) is 5.49. The molecule has 5 aromatic rings. The molecule has 0 aliphatic heterocycles. The molecule has 0 bridgehead atoms. The Hall–Kier alpha value is -3.54. The molecule has 0 fully saturated rings. The maximum Gasteiger partial charge on any atom is 0.157 e. The van der Waals surface area contributed by atoms with Crippen molar-refractivity contribution in [3.63, 3.8) is 0 Å². The van der Waals surface area contributed by atoms with Gasteiger partial charge < -0.3 is 4.98 Å². The second-order valence-corrected chi connectivity index (χ2v) is 6.16. The van der Waals surface area contributed by atoms with Crippen LogP contribution >= 0.6 is 0 Å². The third-order valence-corrected chi connectivity index (χ3v) is 4.55. The maximum absolute atomic E-state index is 13.4. The number of pyridine rings is 1. The average Bonchev–Trinajstić information content (AvgIpc) is 3.27. The maximum atomic E-state index is 13.4. The Morgan fingerprint density at radius 2 is 1.85 bits per heavy atom. The first-order chi connectivity index (χ1) is 12.7. The number of fused-ring (bicyclic) bond motifs is 2. The fourth-order valence-corrected chi connectivity index (χ4v) is 3.28. The molecule has 4 aromatic heterocycles. The molecule has 0 saturated heterocycles. The zero-order valence-corrected chi connectivity index (χ0v) is 13.9. The summed E-state index contributed by atoms with van der Waals surface area (Å²) in [6, 6.07) is 12.2. The van der Waals surface area contributed by atoms with E-state index in [0.717, 1.165) is 44.8 Å². The molecular formula is C20H14FN5. The Morgan fingerprint density at radius 1 is 1.00 bits per heavy atom. The Bertz CT molecular complexity index is 1250. The highest BCUT2D eigenvalue weighted by Crippen LogP contribution is 2.36. The lowest BCUT2D eigenvalue weighted by Gasteiger charge is -2.06. The van der Waals surface area contributed by atoms with Gasteiger partial charge in [-0.15, -0.1) is 0 Å². The van der Waals surface area contributed by atoms with E-state index in [1.54, 1.807) is 24.5 Å². The number of halogens is 1. The number of hydrogen-bond donors (Lipinski definition) is 1. The van der Waals surface area contributed by atoms with Gasteiger partial charge in [0.15, 0.2) is 5.65 Å². The molecule has 26 heavy (non-hydrogen) atoms. The Kier molecular flexibility index (Phi) is 3.12. The summed E-state index contributed by atoms with van der Waals surface area (Å²) >= 11 is 0. The van der Waals surface area contributed by atoms with Crippen LogP contribution in [0.3, 0.4) is 0 Å². The van der Waals surface area contributed by atoms with Crippen LogP contribution in [-0.4, -0.2) is 24.6 Å². The minimum atomic E-state index is -0.273. The molecule has 0 unspecified atom stereocenters. The minimum absolute atomic E-state index is 0.273. The first-order valence-electron chi connectivity index (χ1n) is 8.25. The van der Waals surface area contributed by atoms with Crippen LogP contribution in [0.4, 0.5) is 4.39 Å². The van der Waals surface area contributed by atoms with Crippen molar-refractivity contribution < 1.29 is 4.39 Å². The molecule has 5 nitrogen and oxygen atoms in total. The number of nitrogens with zero attached hydrogens (tertiary/aromatic N) is 4. The van der Waals surface area contributed by atoms with Gasteiger partial charge in [0.05, 0.1) is 5.69 Å². The number of aromatic amines is 1. The summed E-state index contributed by atoms with van der Waals surface area (Å²) in [6.07, 6.45) is 5.38. The van der Waals surface area contributed by atoms with Crippen LogP contribution in [0.1, 0.15) is 5.56 Å². The SMILES string of the molecule is Cc1ccnn2c(-c3ccnc4[nH]ccc34)c(-c3ccc(F)cc3)nc12. The van der Waals surface area contributed by atoms with Crippen molar-refractivity contribution in [1.82, 2.24) is 24.6 Å². The number of imidazole rings is 1. The number of nitrogens with one attached hydrogen (secondary N) is 1. The van der Waals surface area contributed by atoms with Crippen LogP contribution in [0, 0.1) is 12.7 Å². The molecule has 0 saturated carbocycles. The molecule has 1 aromatic carbocycles. The van der Waals surface area contributed by atoms with Crippen molar-refractivity contribution in [2.75, 3.05) is 0 Å². The highest BCUT2D eigenvalue weighted by molar-refractivity contribution is 5.96. The molecular weight excluding hydrogens is 329 g/mol. The Labute approximate surface area is 148 Å². The minimum Gasteiger partial charge on any atom is -0.346 e. The lowest BCUT2D eigenvalue weighted by atomic mass is 10.0. The molecule has 126 valence electrons. The number of aromatic nitrogens is 5. The molecule has 0 aliphatic rings. The Morgan fingerprint density at radius 3 is 2.69 bits per heavy atom. The monoisotopic (exact) mass is 343 g/mol. The van der Waals surface area contributed by atoms with Gasteiger partial charge in [0.1, 0.15) is 17.2 Å². The molecule has 0 atom stereocenters. The van der Waals surface area contributed by atoms with E-state index in [1.807, 2.05) is 35.8 Å². The van der Waals surface area contributed by atoms with E-state index in [9.17, 15) is 4.39 Å². The van der Waals surface area contributed by atoms with Gasteiger partial charge in [0, 0.05) is 35.1 Å². The van der Waals surface area contributed by atoms with Gasteiger partial charge in [-0.2, -0.15) is 5.10 Å². The van der Waals surface area contributed by atoms with Crippen LogP contribution in [0.25, 0.3) is 39.2 Å². The van der Waals surface area contributed by atoms with Gasteiger partial charge in [-0.25, -0.2) is 18.9 Å². The summed E-state index contributed by atoms with van der Waals surface area (Å²) < 4.78 is 15.3. The normalized spacial score (nSPS) is 11.5. The lowest BCUT2D eigenvalue weighted by Crippen LogP contribution is -1.96. The molecule has 0 spiro atoms. The van der Waals surface area contributed by atoms with E-state index in [-0.39, 0.29) is 5.82 Å². The summed E-state index contributed by atoms with van der Waals surface area (Å²) in [5, 5.41) is 5.51. The first-order valence-corrected chi connectivity index (χ1v) is 8.25. The summed E-state index contributed by atoms with van der Waals surface area (Å²) in [5.74, 6) is -0.273. The van der Waals surface area contributed by atoms with E-state index in [2.05, 4.69) is 15.1 Å². The summed E-state index contributed by atoms with van der Waals surface area (Å²) in [5.41, 5.74) is 6.04. The number of rotatable bonds is 2. The van der Waals surface area contributed by atoms with Gasteiger partial charge in [0.25, 0.3) is 0 Å². The zero-order valence-electron chi connectivity index (χ0n) is 13.9. The fourth-order valence-electron chi connectivity index (χ4n) is 3.28. The second-order valence-electron chi connectivity index (χ2n) is 6.16. The van der Waals surface area contributed by atoms with Crippen LogP contribution in [0.15, 0.2) is 61.1 Å². The molecule has 0 amide bonds. The van der Waals surface area contributed by atoms with Crippen molar-refractivity contribution >= 4 is 16.7 Å². The van der Waals surface area contributed by atoms with E-state index in [0.29, 0.717) is 0 Å². The summed E-state index contributed by atoms with van der Waals surface area (Å²) in [4.78, 5) is 12.3. The zero-order chi connectivity index (χ0) is 17.7.